The standard InChI is InChI=1S/C24H31FN6O4S/c1-3-8-36-24-27-22(26-16-10-14(16)13-5-4-12(2)15(25)9-13)19-23(28-24)31(30-29-19)17-11-18(35-7-6-32)21(34)20(17)33/h4-5,9,14,16-18,20-21,32-34H,3,6-8,10-11H2,1-2H3,(H,26,27,28)/t14-,16+,17+,18-,20-,21+/m0/s1/i11D2,17D,18D,20D,21D. The number of aromatic nitrogens is 5. The molecule has 2 fully saturated rings. The Morgan fingerprint density at radius 2 is 2.17 bits per heavy atom. The van der Waals surface area contributed by atoms with Crippen LogP contribution in [0.5, 0.6) is 0 Å². The number of thioether (sulfide) groups is 1. The Balaban J connectivity index is 1.61. The van der Waals surface area contributed by atoms with Gasteiger partial charge in [0, 0.05) is 26.8 Å². The number of aliphatic hydroxyl groups excluding tert-OH is 1. The number of ether oxygens (including phenoxy) is 1. The van der Waals surface area contributed by atoms with Gasteiger partial charge in [-0.15, -0.1) is 5.10 Å². The van der Waals surface area contributed by atoms with Gasteiger partial charge < -0.3 is 25.4 Å². The van der Waals surface area contributed by atoms with E-state index < -0.39 is 43.8 Å². The second-order valence-corrected chi connectivity index (χ2v) is 9.61. The fourth-order valence-corrected chi connectivity index (χ4v) is 4.59. The molecule has 0 unspecified atom stereocenters. The van der Waals surface area contributed by atoms with Crippen molar-refractivity contribution in [1.29, 1.82) is 0 Å². The number of hydrogen-bond acceptors (Lipinski definition) is 10. The van der Waals surface area contributed by atoms with Crippen LogP contribution in [0.4, 0.5) is 10.2 Å². The first-order valence-corrected chi connectivity index (χ1v) is 12.6. The molecule has 2 aliphatic rings. The van der Waals surface area contributed by atoms with Gasteiger partial charge in [-0.05, 0) is 37.0 Å². The van der Waals surface area contributed by atoms with Gasteiger partial charge >= 0.3 is 0 Å². The Bertz CT molecular complexity index is 1520. The fourth-order valence-electron chi connectivity index (χ4n) is 3.89. The first-order chi connectivity index (χ1) is 19.6. The highest BCUT2D eigenvalue weighted by atomic mass is 32.2. The van der Waals surface area contributed by atoms with E-state index in [4.69, 9.17) is 13.0 Å². The number of anilines is 1. The molecule has 6 atom stereocenters. The molecule has 12 heteroatoms. The number of benzene rings is 1. The molecule has 0 amide bonds. The normalized spacial score (nSPS) is 39.6. The number of halogens is 1. The average molecular weight is 525 g/mol. The third kappa shape index (κ3) is 4.92. The molecule has 3 aromatic rings. The summed E-state index contributed by atoms with van der Waals surface area (Å²) in [6, 6.07) is 1.44. The van der Waals surface area contributed by atoms with E-state index in [0.29, 0.717) is 22.4 Å². The van der Waals surface area contributed by atoms with Gasteiger partial charge in [0.2, 0.25) is 0 Å². The molecule has 0 bridgehead atoms. The molecule has 10 nitrogen and oxygen atoms in total. The summed E-state index contributed by atoms with van der Waals surface area (Å²) < 4.78 is 71.4. The molecule has 4 N–H and O–H groups in total. The van der Waals surface area contributed by atoms with Gasteiger partial charge in [0.05, 0.1) is 30.8 Å². The molecule has 5 rings (SSSR count). The number of hydrogen-bond donors (Lipinski definition) is 4. The molecule has 1 aromatic carbocycles. The van der Waals surface area contributed by atoms with Gasteiger partial charge in [0.25, 0.3) is 0 Å². The number of nitrogens with one attached hydrogen (secondary N) is 1. The first-order valence-electron chi connectivity index (χ1n) is 14.6. The Kier molecular flexibility index (Phi) is 5.51. The van der Waals surface area contributed by atoms with Crippen LogP contribution in [0.2, 0.25) is 0 Å². The van der Waals surface area contributed by atoms with E-state index in [-0.39, 0.29) is 39.9 Å². The van der Waals surface area contributed by atoms with Crippen molar-refractivity contribution in [2.24, 2.45) is 0 Å². The van der Waals surface area contributed by atoms with Crippen LogP contribution in [0.25, 0.3) is 11.2 Å². The van der Waals surface area contributed by atoms with Gasteiger partial charge in [0.15, 0.2) is 22.1 Å². The van der Waals surface area contributed by atoms with Gasteiger partial charge in [-0.2, -0.15) is 0 Å². The average Bonchev–Trinajstić information content (AvgIpc) is 3.55. The number of nitrogens with zero attached hydrogens (tertiary/aromatic N) is 5. The zero-order chi connectivity index (χ0) is 30.9. The van der Waals surface area contributed by atoms with Gasteiger partial charge in [-0.1, -0.05) is 36.0 Å². The smallest absolute Gasteiger partial charge is 0.191 e. The summed E-state index contributed by atoms with van der Waals surface area (Å²) >= 11 is 1.24. The SMILES string of the molecule is [2H]C1([2H])[C@]([2H])(OCCO)[C@@]([2H])(O)[C@@]([2H])(O)[C@]1([2H])n1nnc2c(N[C@@H]3C[C@H]3c3ccc(C)c(F)c3)nc(SCCC)nc21. The summed E-state index contributed by atoms with van der Waals surface area (Å²) in [5, 5.41) is 42.5. The van der Waals surface area contributed by atoms with E-state index >= 15 is 0 Å². The second kappa shape index (κ2) is 10.5. The number of aliphatic hydroxyl groups is 3. The van der Waals surface area contributed by atoms with Crippen molar-refractivity contribution in [1.82, 2.24) is 25.0 Å². The van der Waals surface area contributed by atoms with E-state index in [9.17, 15) is 19.7 Å². The van der Waals surface area contributed by atoms with Crippen molar-refractivity contribution in [3.05, 3.63) is 35.1 Å². The summed E-state index contributed by atoms with van der Waals surface area (Å²) in [6.07, 6.45) is -13.0. The molecule has 2 saturated carbocycles. The Hall–Kier alpha value is -2.38. The van der Waals surface area contributed by atoms with Crippen LogP contribution in [0, 0.1) is 12.7 Å². The van der Waals surface area contributed by atoms with E-state index in [0.717, 1.165) is 12.0 Å². The van der Waals surface area contributed by atoms with Crippen molar-refractivity contribution in [2.45, 2.75) is 74.4 Å². The molecule has 2 heterocycles. The molecule has 2 aliphatic carbocycles. The van der Waals surface area contributed by atoms with Crippen LogP contribution in [0.1, 0.15) is 57.4 Å². The minimum absolute atomic E-state index is 0.0392. The topological polar surface area (TPSA) is 138 Å². The Labute approximate surface area is 220 Å². The number of rotatable bonds is 10. The van der Waals surface area contributed by atoms with Crippen molar-refractivity contribution in [3.8, 4) is 0 Å². The maximum absolute atomic E-state index is 14.2. The molecular weight excluding hydrogens is 487 g/mol. The zero-order valence-corrected chi connectivity index (χ0v) is 20.5. The predicted molar refractivity (Wildman–Crippen MR) is 133 cm³/mol. The number of aryl methyl sites for hydroxylation is 1. The lowest BCUT2D eigenvalue weighted by Gasteiger charge is -2.17. The summed E-state index contributed by atoms with van der Waals surface area (Å²) in [5.74, 6) is 0.396. The highest BCUT2D eigenvalue weighted by Crippen LogP contribution is 2.44. The van der Waals surface area contributed by atoms with Crippen LogP contribution < -0.4 is 5.32 Å². The molecule has 0 aliphatic heterocycles. The quantitative estimate of drug-likeness (QED) is 0.231. The molecule has 36 heavy (non-hydrogen) atoms. The van der Waals surface area contributed by atoms with Crippen LogP contribution >= 0.6 is 11.8 Å². The lowest BCUT2D eigenvalue weighted by molar-refractivity contribution is -0.0629. The highest BCUT2D eigenvalue weighted by molar-refractivity contribution is 7.99. The fraction of sp³-hybridized carbons (Fsp3) is 0.583. The van der Waals surface area contributed by atoms with Crippen LogP contribution in [-0.4, -0.2) is 83.5 Å². The summed E-state index contributed by atoms with van der Waals surface area (Å²) in [4.78, 5) is 8.89. The molecule has 2 aromatic heterocycles. The minimum Gasteiger partial charge on any atom is -0.394 e. The second-order valence-electron chi connectivity index (χ2n) is 8.55. The number of fused-ring (bicyclic) bond motifs is 1. The van der Waals surface area contributed by atoms with E-state index in [1.54, 1.807) is 13.0 Å². The van der Waals surface area contributed by atoms with Crippen LogP contribution in [0.3, 0.4) is 0 Å². The monoisotopic (exact) mass is 524 g/mol. The molecule has 194 valence electrons. The van der Waals surface area contributed by atoms with Crippen LogP contribution in [-0.2, 0) is 4.74 Å². The van der Waals surface area contributed by atoms with E-state index in [2.05, 4.69) is 25.6 Å². The van der Waals surface area contributed by atoms with Gasteiger partial charge in [-0.25, -0.2) is 19.0 Å². The van der Waals surface area contributed by atoms with Gasteiger partial charge in [0.1, 0.15) is 18.0 Å². The predicted octanol–water partition coefficient (Wildman–Crippen LogP) is 2.18. The maximum atomic E-state index is 14.2. The lowest BCUT2D eigenvalue weighted by atomic mass is 10.1. The molecule has 0 saturated heterocycles. The minimum atomic E-state index is -3.76. The van der Waals surface area contributed by atoms with Crippen molar-refractivity contribution in [2.75, 3.05) is 24.3 Å². The van der Waals surface area contributed by atoms with E-state index in [1.165, 1.54) is 17.8 Å². The Morgan fingerprint density at radius 3 is 2.92 bits per heavy atom. The van der Waals surface area contributed by atoms with E-state index in [1.807, 2.05) is 13.0 Å². The third-order valence-electron chi connectivity index (χ3n) is 5.90. The third-order valence-corrected chi connectivity index (χ3v) is 6.95. The molecule has 0 radical (unpaired) electrons. The molecule has 0 spiro atoms. The lowest BCUT2D eigenvalue weighted by Crippen LogP contribution is -2.33. The zero-order valence-electron chi connectivity index (χ0n) is 25.7. The van der Waals surface area contributed by atoms with Crippen molar-refractivity contribution < 1.29 is 32.7 Å². The highest BCUT2D eigenvalue weighted by Gasteiger charge is 2.45. The van der Waals surface area contributed by atoms with Crippen LogP contribution in [0.15, 0.2) is 23.4 Å². The maximum Gasteiger partial charge on any atom is 0.191 e. The molecular formula is C24H31FN6O4S. The summed E-state index contributed by atoms with van der Waals surface area (Å²) in [7, 11) is 0. The summed E-state index contributed by atoms with van der Waals surface area (Å²) in [6.45, 7) is 2.16. The summed E-state index contributed by atoms with van der Waals surface area (Å²) in [5.41, 5.74) is 0.968. The van der Waals surface area contributed by atoms with Crippen molar-refractivity contribution >= 4 is 28.7 Å². The van der Waals surface area contributed by atoms with Crippen molar-refractivity contribution in [3.63, 3.8) is 0 Å². The van der Waals surface area contributed by atoms with Gasteiger partial charge in [-0.3, -0.25) is 0 Å². The largest absolute Gasteiger partial charge is 0.394 e. The first kappa shape index (κ1) is 18.8. The Morgan fingerprint density at radius 1 is 1.33 bits per heavy atom.